The minimum atomic E-state index is -4.80. The van der Waals surface area contributed by atoms with Crippen LogP contribution in [0.1, 0.15) is 47.4 Å². The number of hydrogen-bond donors (Lipinski definition) is 3. The van der Waals surface area contributed by atoms with Crippen LogP contribution in [0.25, 0.3) is 5.65 Å². The molecule has 1 aliphatic rings. The van der Waals surface area contributed by atoms with E-state index in [-0.39, 0.29) is 73.2 Å². The Bertz CT molecular complexity index is 1010. The van der Waals surface area contributed by atoms with Crippen molar-refractivity contribution in [3.05, 3.63) is 34.2 Å². The second-order valence-corrected chi connectivity index (χ2v) is 8.04. The molecule has 3 rings (SSSR count). The van der Waals surface area contributed by atoms with Crippen molar-refractivity contribution in [3.8, 4) is 0 Å². The molecule has 7 nitrogen and oxygen atoms in total. The van der Waals surface area contributed by atoms with E-state index in [2.05, 4.69) is 15.6 Å². The van der Waals surface area contributed by atoms with Gasteiger partial charge in [-0.05, 0) is 37.3 Å². The number of nitrogens with zero attached hydrogens (tertiary/aromatic N) is 2. The first-order valence-electron chi connectivity index (χ1n) is 9.78. The Morgan fingerprint density at radius 1 is 1.19 bits per heavy atom. The van der Waals surface area contributed by atoms with Crippen LogP contribution in [0, 0.1) is 5.92 Å². The van der Waals surface area contributed by atoms with Crippen LogP contribution in [-0.2, 0) is 12.6 Å². The maximum atomic E-state index is 13.7. The van der Waals surface area contributed by atoms with Crippen LogP contribution in [0.15, 0.2) is 12.1 Å². The number of carboxylic acid groups (broad SMARTS) is 1. The lowest BCUT2D eigenvalue weighted by Gasteiger charge is -2.28. The summed E-state index contributed by atoms with van der Waals surface area (Å²) in [5.74, 6) is -3.85. The number of halogens is 6. The highest BCUT2D eigenvalue weighted by Gasteiger charge is 2.40. The summed E-state index contributed by atoms with van der Waals surface area (Å²) in [5, 5.41) is 12.8. The number of aromatic nitrogens is 2. The normalized spacial score (nSPS) is 16.8. The molecule has 0 aliphatic heterocycles. The number of rotatable bonds is 6. The van der Waals surface area contributed by atoms with Crippen molar-refractivity contribution >= 4 is 29.2 Å². The van der Waals surface area contributed by atoms with E-state index in [1.54, 1.807) is 0 Å². The van der Waals surface area contributed by atoms with Crippen LogP contribution < -0.4 is 10.6 Å². The predicted octanol–water partition coefficient (Wildman–Crippen LogP) is 4.37. The number of nitrogens with one attached hydrogen (secondary N) is 2. The van der Waals surface area contributed by atoms with Crippen molar-refractivity contribution < 1.29 is 36.6 Å². The average Bonchev–Trinajstić information content (AvgIpc) is 3.06. The van der Waals surface area contributed by atoms with E-state index in [0.717, 1.165) is 10.5 Å². The number of fused-ring (bicyclic) bond motifs is 1. The standard InChI is InChI=1S/C19H20ClF5N4O3/c20-13-8-11(16(30)26-5-6-27-17(31)32)9-14-28-15(19(23,24)25)12(29(13)14)7-10-1-3-18(21,22)4-2-10/h8-10,27H,1-7H2,(H,26,30)(H,31,32). The maximum Gasteiger partial charge on any atom is 0.435 e. The van der Waals surface area contributed by atoms with Gasteiger partial charge in [0, 0.05) is 31.5 Å². The molecule has 1 saturated carbocycles. The molecule has 13 heteroatoms. The largest absolute Gasteiger partial charge is 0.465 e. The molecule has 0 bridgehead atoms. The van der Waals surface area contributed by atoms with E-state index in [0.29, 0.717) is 0 Å². The fraction of sp³-hybridized carbons (Fsp3) is 0.526. The topological polar surface area (TPSA) is 95.7 Å². The summed E-state index contributed by atoms with van der Waals surface area (Å²) in [5.41, 5.74) is -1.65. The minimum Gasteiger partial charge on any atom is -0.465 e. The number of pyridine rings is 1. The SMILES string of the molecule is O=C(O)NCCNC(=O)c1cc(Cl)n2c(CC3CCC(F)(F)CC3)c(C(F)(F)F)nc2c1. The van der Waals surface area contributed by atoms with Crippen molar-refractivity contribution in [1.82, 2.24) is 20.0 Å². The Morgan fingerprint density at radius 3 is 2.41 bits per heavy atom. The summed E-state index contributed by atoms with van der Waals surface area (Å²) in [7, 11) is 0. The second kappa shape index (κ2) is 9.08. The Morgan fingerprint density at radius 2 is 1.81 bits per heavy atom. The van der Waals surface area contributed by atoms with Crippen LogP contribution in [-0.4, -0.2) is 45.5 Å². The smallest absolute Gasteiger partial charge is 0.435 e. The molecule has 1 aliphatic carbocycles. The van der Waals surface area contributed by atoms with E-state index in [4.69, 9.17) is 16.7 Å². The molecule has 2 heterocycles. The van der Waals surface area contributed by atoms with Gasteiger partial charge in [0.2, 0.25) is 5.92 Å². The van der Waals surface area contributed by atoms with E-state index in [9.17, 15) is 31.5 Å². The van der Waals surface area contributed by atoms with Crippen molar-refractivity contribution in [2.24, 2.45) is 5.92 Å². The molecular weight excluding hydrogens is 463 g/mol. The van der Waals surface area contributed by atoms with Gasteiger partial charge in [-0.2, -0.15) is 13.2 Å². The van der Waals surface area contributed by atoms with Crippen LogP contribution in [0.4, 0.5) is 26.7 Å². The third-order valence-corrected chi connectivity index (χ3v) is 5.59. The first kappa shape index (κ1) is 24.0. The summed E-state index contributed by atoms with van der Waals surface area (Å²) in [6.45, 7) is -0.114. The lowest BCUT2D eigenvalue weighted by Crippen LogP contribution is -2.34. The Kier molecular flexibility index (Phi) is 6.82. The quantitative estimate of drug-likeness (QED) is 0.323. The lowest BCUT2D eigenvalue weighted by atomic mass is 9.83. The van der Waals surface area contributed by atoms with Gasteiger partial charge in [-0.1, -0.05) is 11.6 Å². The van der Waals surface area contributed by atoms with Crippen molar-refractivity contribution in [1.29, 1.82) is 0 Å². The highest BCUT2D eigenvalue weighted by atomic mass is 35.5. The number of carbonyl (C=O) groups is 2. The van der Waals surface area contributed by atoms with Gasteiger partial charge in [-0.15, -0.1) is 0 Å². The Labute approximate surface area is 183 Å². The van der Waals surface area contributed by atoms with Gasteiger partial charge >= 0.3 is 12.3 Å². The van der Waals surface area contributed by atoms with Gasteiger partial charge in [-0.25, -0.2) is 18.6 Å². The van der Waals surface area contributed by atoms with Crippen molar-refractivity contribution in [3.63, 3.8) is 0 Å². The molecule has 0 atom stereocenters. The molecule has 32 heavy (non-hydrogen) atoms. The van der Waals surface area contributed by atoms with Gasteiger partial charge in [0.05, 0.1) is 5.69 Å². The van der Waals surface area contributed by atoms with Crippen molar-refractivity contribution in [2.45, 2.75) is 44.2 Å². The maximum absolute atomic E-state index is 13.7. The number of hydrogen-bond acceptors (Lipinski definition) is 3. The molecule has 1 fully saturated rings. The van der Waals surface area contributed by atoms with Crippen LogP contribution >= 0.6 is 11.6 Å². The van der Waals surface area contributed by atoms with Crippen LogP contribution in [0.3, 0.4) is 0 Å². The molecule has 3 N–H and O–H groups in total. The summed E-state index contributed by atoms with van der Waals surface area (Å²) in [6, 6.07) is 2.31. The zero-order chi connectivity index (χ0) is 23.7. The summed E-state index contributed by atoms with van der Waals surface area (Å²) in [6.07, 6.45) is -6.79. The third kappa shape index (κ3) is 5.59. The number of alkyl halides is 5. The monoisotopic (exact) mass is 482 g/mol. The fourth-order valence-electron chi connectivity index (χ4n) is 3.75. The van der Waals surface area contributed by atoms with Gasteiger partial charge in [0.25, 0.3) is 5.91 Å². The third-order valence-electron chi connectivity index (χ3n) is 5.31. The number of imidazole rings is 1. The highest BCUT2D eigenvalue weighted by Crippen LogP contribution is 2.40. The molecule has 0 radical (unpaired) electrons. The van der Waals surface area contributed by atoms with Gasteiger partial charge in [-0.3, -0.25) is 9.20 Å². The second-order valence-electron chi connectivity index (χ2n) is 7.66. The minimum absolute atomic E-state index is 0.0479. The first-order chi connectivity index (χ1) is 14.9. The number of carbonyl (C=O) groups excluding carboxylic acids is 1. The van der Waals surface area contributed by atoms with Gasteiger partial charge in [0.1, 0.15) is 10.8 Å². The van der Waals surface area contributed by atoms with Crippen molar-refractivity contribution in [2.75, 3.05) is 13.1 Å². The molecule has 0 saturated heterocycles. The fourth-order valence-corrected chi connectivity index (χ4v) is 4.06. The molecule has 0 aromatic carbocycles. The Balaban J connectivity index is 1.88. The summed E-state index contributed by atoms with van der Waals surface area (Å²) < 4.78 is 68.9. The van der Waals surface area contributed by atoms with Gasteiger partial charge < -0.3 is 15.7 Å². The van der Waals surface area contributed by atoms with E-state index < -0.39 is 29.8 Å². The zero-order valence-electron chi connectivity index (χ0n) is 16.6. The van der Waals surface area contributed by atoms with Crippen LogP contribution in [0.2, 0.25) is 5.15 Å². The van der Waals surface area contributed by atoms with E-state index in [1.165, 1.54) is 6.07 Å². The zero-order valence-corrected chi connectivity index (χ0v) is 17.4. The predicted molar refractivity (Wildman–Crippen MR) is 104 cm³/mol. The molecule has 0 unspecified atom stereocenters. The van der Waals surface area contributed by atoms with E-state index >= 15 is 0 Å². The molecule has 0 spiro atoms. The average molecular weight is 483 g/mol. The summed E-state index contributed by atoms with van der Waals surface area (Å²) in [4.78, 5) is 26.3. The van der Waals surface area contributed by atoms with Gasteiger partial charge in [0.15, 0.2) is 5.69 Å². The molecule has 176 valence electrons. The molecule has 2 amide bonds. The molecular formula is C19H20ClF5N4O3. The lowest BCUT2D eigenvalue weighted by molar-refractivity contribution is -0.141. The van der Waals surface area contributed by atoms with E-state index in [1.807, 2.05) is 0 Å². The molecule has 2 aromatic heterocycles. The summed E-state index contributed by atoms with van der Waals surface area (Å²) >= 11 is 6.21. The van der Waals surface area contributed by atoms with Crippen LogP contribution in [0.5, 0.6) is 0 Å². The molecule has 2 aromatic rings. The highest BCUT2D eigenvalue weighted by molar-refractivity contribution is 6.30. The first-order valence-corrected chi connectivity index (χ1v) is 10.2. The Hall–Kier alpha value is -2.63. The number of amides is 2.